The third kappa shape index (κ3) is 6.26. The molecule has 1 N–H and O–H groups in total. The lowest BCUT2D eigenvalue weighted by molar-refractivity contribution is -0.0498. The first-order valence-electron chi connectivity index (χ1n) is 8.90. The van der Waals surface area contributed by atoms with E-state index in [9.17, 15) is 22.8 Å². The monoisotopic (exact) mass is 465 g/mol. The van der Waals surface area contributed by atoms with Gasteiger partial charge in [0.15, 0.2) is 5.78 Å². The van der Waals surface area contributed by atoms with Crippen LogP contribution in [0.2, 0.25) is 5.02 Å². The molecule has 0 saturated heterocycles. The number of rotatable bonds is 8. The fourth-order valence-electron chi connectivity index (χ4n) is 2.61. The highest BCUT2D eigenvalue weighted by molar-refractivity contribution is 8.00. The topological polar surface area (TPSA) is 55.4 Å². The van der Waals surface area contributed by atoms with Crippen molar-refractivity contribution in [3.8, 4) is 5.75 Å². The molecule has 0 fully saturated rings. The third-order valence-electron chi connectivity index (χ3n) is 4.07. The van der Waals surface area contributed by atoms with Gasteiger partial charge in [-0.05, 0) is 54.6 Å². The number of carbonyl (C=O) groups is 2. The number of halogens is 4. The molecule has 0 atom stereocenters. The van der Waals surface area contributed by atoms with E-state index >= 15 is 0 Å². The number of nitrogens with one attached hydrogen (secondary N) is 1. The first-order valence-corrected chi connectivity index (χ1v) is 10.3. The summed E-state index contributed by atoms with van der Waals surface area (Å²) in [5.41, 5.74) is 0.908. The van der Waals surface area contributed by atoms with Crippen molar-refractivity contribution in [3.63, 3.8) is 0 Å². The van der Waals surface area contributed by atoms with Gasteiger partial charge in [-0.3, -0.25) is 9.59 Å². The zero-order valence-corrected chi connectivity index (χ0v) is 17.4. The second-order valence-corrected chi connectivity index (χ2v) is 7.61. The lowest BCUT2D eigenvalue weighted by Gasteiger charge is -2.11. The number of benzene rings is 3. The molecular formula is C22H15ClF3NO3S. The summed E-state index contributed by atoms with van der Waals surface area (Å²) in [4.78, 5) is 25.7. The first-order chi connectivity index (χ1) is 14.8. The largest absolute Gasteiger partial charge is 0.435 e. The standard InChI is InChI=1S/C22H15ClF3NO3S/c23-17-11-14(24)7-10-18(17)27-21(29)16-3-1-2-4-20(16)31-12-19(28)13-5-8-15(9-6-13)30-22(25)26/h1-11,22H,12H2,(H,27,29). The van der Waals surface area contributed by atoms with Gasteiger partial charge in [0.05, 0.1) is 22.0 Å². The van der Waals surface area contributed by atoms with Gasteiger partial charge in [0.1, 0.15) is 11.6 Å². The number of Topliss-reactive ketones (excluding diaryl/α,β-unsaturated/α-hetero) is 1. The van der Waals surface area contributed by atoms with Crippen LogP contribution >= 0.6 is 23.4 Å². The predicted molar refractivity (Wildman–Crippen MR) is 114 cm³/mol. The van der Waals surface area contributed by atoms with Gasteiger partial charge in [-0.15, -0.1) is 11.8 Å². The Labute approximate surface area is 185 Å². The maximum absolute atomic E-state index is 13.2. The van der Waals surface area contributed by atoms with E-state index in [0.29, 0.717) is 16.0 Å². The van der Waals surface area contributed by atoms with Gasteiger partial charge in [0.2, 0.25) is 0 Å². The Morgan fingerprint density at radius 2 is 1.74 bits per heavy atom. The molecule has 0 aromatic heterocycles. The van der Waals surface area contributed by atoms with Crippen molar-refractivity contribution in [2.45, 2.75) is 11.5 Å². The summed E-state index contributed by atoms with van der Waals surface area (Å²) < 4.78 is 41.9. The zero-order valence-electron chi connectivity index (χ0n) is 15.8. The van der Waals surface area contributed by atoms with Crippen LogP contribution in [-0.2, 0) is 0 Å². The zero-order chi connectivity index (χ0) is 22.4. The minimum atomic E-state index is -2.94. The van der Waals surface area contributed by atoms with E-state index in [1.165, 1.54) is 36.4 Å². The molecule has 3 aromatic rings. The van der Waals surface area contributed by atoms with E-state index in [4.69, 9.17) is 11.6 Å². The number of hydrogen-bond acceptors (Lipinski definition) is 4. The molecule has 31 heavy (non-hydrogen) atoms. The highest BCUT2D eigenvalue weighted by atomic mass is 35.5. The molecule has 0 aliphatic rings. The number of ketones is 1. The predicted octanol–water partition coefficient (Wildman–Crippen LogP) is 6.31. The van der Waals surface area contributed by atoms with E-state index in [-0.39, 0.29) is 28.0 Å². The number of alkyl halides is 2. The molecule has 160 valence electrons. The molecule has 9 heteroatoms. The van der Waals surface area contributed by atoms with E-state index in [1.54, 1.807) is 24.3 Å². The molecule has 3 aromatic carbocycles. The van der Waals surface area contributed by atoms with Gasteiger partial charge in [0, 0.05) is 10.5 Å². The molecule has 0 aliphatic heterocycles. The van der Waals surface area contributed by atoms with Crippen molar-refractivity contribution in [3.05, 3.63) is 88.7 Å². The average molecular weight is 466 g/mol. The van der Waals surface area contributed by atoms with Crippen LogP contribution in [0.15, 0.2) is 71.6 Å². The fourth-order valence-corrected chi connectivity index (χ4v) is 3.77. The molecule has 3 rings (SSSR count). The number of anilines is 1. The highest BCUT2D eigenvalue weighted by Gasteiger charge is 2.15. The van der Waals surface area contributed by atoms with Crippen LogP contribution in [0.1, 0.15) is 20.7 Å². The Balaban J connectivity index is 1.67. The maximum Gasteiger partial charge on any atom is 0.387 e. The van der Waals surface area contributed by atoms with Crippen molar-refractivity contribution < 1.29 is 27.5 Å². The minimum absolute atomic E-state index is 0.0245. The van der Waals surface area contributed by atoms with Gasteiger partial charge >= 0.3 is 6.61 Å². The van der Waals surface area contributed by atoms with Gasteiger partial charge in [-0.25, -0.2) is 4.39 Å². The molecule has 0 aliphatic carbocycles. The number of amides is 1. The Kier molecular flexibility index (Phi) is 7.59. The molecule has 1 amide bonds. The van der Waals surface area contributed by atoms with Crippen molar-refractivity contribution >= 4 is 40.7 Å². The summed E-state index contributed by atoms with van der Waals surface area (Å²) in [6, 6.07) is 15.7. The van der Waals surface area contributed by atoms with E-state index in [2.05, 4.69) is 10.1 Å². The van der Waals surface area contributed by atoms with Crippen LogP contribution in [0, 0.1) is 5.82 Å². The van der Waals surface area contributed by atoms with Gasteiger partial charge < -0.3 is 10.1 Å². The molecular weight excluding hydrogens is 451 g/mol. The van der Waals surface area contributed by atoms with Gasteiger partial charge in [-0.2, -0.15) is 8.78 Å². The lowest BCUT2D eigenvalue weighted by Crippen LogP contribution is -2.14. The van der Waals surface area contributed by atoms with E-state index in [0.717, 1.165) is 17.8 Å². The Bertz CT molecular complexity index is 1090. The number of thioether (sulfide) groups is 1. The fraction of sp³-hybridized carbons (Fsp3) is 0.0909. The van der Waals surface area contributed by atoms with Crippen LogP contribution in [0.25, 0.3) is 0 Å². The first kappa shape index (κ1) is 22.7. The van der Waals surface area contributed by atoms with Crippen molar-refractivity contribution in [2.75, 3.05) is 11.1 Å². The summed E-state index contributed by atoms with van der Waals surface area (Å²) in [5.74, 6) is -1.24. The Hall–Kier alpha value is -2.97. The van der Waals surface area contributed by atoms with E-state index < -0.39 is 18.3 Å². The number of hydrogen-bond donors (Lipinski definition) is 1. The number of ether oxygens (including phenoxy) is 1. The SMILES string of the molecule is O=C(CSc1ccccc1C(=O)Nc1ccc(F)cc1Cl)c1ccc(OC(F)F)cc1. The number of carbonyl (C=O) groups excluding carboxylic acids is 2. The van der Waals surface area contributed by atoms with Crippen LogP contribution < -0.4 is 10.1 Å². The molecule has 0 unspecified atom stereocenters. The van der Waals surface area contributed by atoms with Gasteiger partial charge in [0.25, 0.3) is 5.91 Å². The highest BCUT2D eigenvalue weighted by Crippen LogP contribution is 2.27. The molecule has 0 saturated carbocycles. The summed E-state index contributed by atoms with van der Waals surface area (Å²) in [5, 5.41) is 2.69. The summed E-state index contributed by atoms with van der Waals surface area (Å²) >= 11 is 7.11. The molecule has 0 spiro atoms. The normalized spacial score (nSPS) is 10.7. The summed E-state index contributed by atoms with van der Waals surface area (Å²) in [7, 11) is 0. The molecule has 4 nitrogen and oxygen atoms in total. The van der Waals surface area contributed by atoms with Crippen LogP contribution in [0.4, 0.5) is 18.9 Å². The molecule has 0 bridgehead atoms. The van der Waals surface area contributed by atoms with Crippen molar-refractivity contribution in [1.82, 2.24) is 0 Å². The maximum atomic E-state index is 13.2. The summed E-state index contributed by atoms with van der Waals surface area (Å²) in [6.45, 7) is -2.94. The van der Waals surface area contributed by atoms with E-state index in [1.807, 2.05) is 0 Å². The van der Waals surface area contributed by atoms with Gasteiger partial charge in [-0.1, -0.05) is 23.7 Å². The minimum Gasteiger partial charge on any atom is -0.435 e. The third-order valence-corrected chi connectivity index (χ3v) is 5.46. The van der Waals surface area contributed by atoms with Crippen LogP contribution in [0.5, 0.6) is 5.75 Å². The molecule has 0 heterocycles. The second-order valence-electron chi connectivity index (χ2n) is 6.19. The van der Waals surface area contributed by atoms with Crippen molar-refractivity contribution in [1.29, 1.82) is 0 Å². The van der Waals surface area contributed by atoms with Crippen LogP contribution in [-0.4, -0.2) is 24.1 Å². The average Bonchev–Trinajstić information content (AvgIpc) is 2.74. The second kappa shape index (κ2) is 10.4. The van der Waals surface area contributed by atoms with Crippen molar-refractivity contribution in [2.24, 2.45) is 0 Å². The molecule has 0 radical (unpaired) electrons. The Morgan fingerprint density at radius 1 is 1.03 bits per heavy atom. The lowest BCUT2D eigenvalue weighted by atomic mass is 10.1. The summed E-state index contributed by atoms with van der Waals surface area (Å²) in [6.07, 6.45) is 0. The Morgan fingerprint density at radius 3 is 2.42 bits per heavy atom. The quantitative estimate of drug-likeness (QED) is 0.313. The smallest absolute Gasteiger partial charge is 0.387 e. The van der Waals surface area contributed by atoms with Crippen LogP contribution in [0.3, 0.4) is 0 Å².